The average molecular weight is 268 g/mol. The van der Waals surface area contributed by atoms with Crippen molar-refractivity contribution in [1.82, 2.24) is 5.32 Å². The predicted molar refractivity (Wildman–Crippen MR) is 76.6 cm³/mol. The Labute approximate surface area is 115 Å². The monoisotopic (exact) mass is 267 g/mol. The van der Waals surface area contributed by atoms with Gasteiger partial charge >= 0.3 is 0 Å². The lowest BCUT2D eigenvalue weighted by atomic mass is 9.82. The molecule has 0 spiro atoms. The zero-order valence-electron chi connectivity index (χ0n) is 11.4. The van der Waals surface area contributed by atoms with Crippen molar-refractivity contribution in [2.24, 2.45) is 5.92 Å². The van der Waals surface area contributed by atoms with Crippen LogP contribution in [0.2, 0.25) is 5.02 Å². The van der Waals surface area contributed by atoms with Crippen LogP contribution in [-0.4, -0.2) is 19.2 Å². The van der Waals surface area contributed by atoms with Crippen LogP contribution in [0.3, 0.4) is 0 Å². The molecule has 0 saturated carbocycles. The molecular formula is C15H22ClNO. The molecule has 0 radical (unpaired) electrons. The maximum atomic E-state index is 6.41. The third-order valence-electron chi connectivity index (χ3n) is 3.53. The smallest absolute Gasteiger partial charge is 0.121 e. The molecule has 1 aromatic carbocycles. The van der Waals surface area contributed by atoms with Crippen LogP contribution >= 0.6 is 11.6 Å². The standard InChI is InChI=1S/C15H22ClNO/c1-10(2)18-12-4-5-14(15(16)8-12)13-6-7-17-9-11(13)3/h4-5,8,10-11,13,17H,6-7,9H2,1-3H3/t11-,13+/m1/s1. The van der Waals surface area contributed by atoms with Gasteiger partial charge in [0.15, 0.2) is 0 Å². The summed E-state index contributed by atoms with van der Waals surface area (Å²) < 4.78 is 5.67. The number of nitrogens with one attached hydrogen (secondary N) is 1. The molecule has 1 heterocycles. The van der Waals surface area contributed by atoms with E-state index in [1.54, 1.807) is 0 Å². The van der Waals surface area contributed by atoms with Crippen molar-refractivity contribution in [2.75, 3.05) is 13.1 Å². The molecule has 2 atom stereocenters. The van der Waals surface area contributed by atoms with Crippen LogP contribution in [0, 0.1) is 5.92 Å². The van der Waals surface area contributed by atoms with Crippen LogP contribution in [0.1, 0.15) is 38.7 Å². The van der Waals surface area contributed by atoms with E-state index in [0.717, 1.165) is 30.3 Å². The minimum Gasteiger partial charge on any atom is -0.491 e. The van der Waals surface area contributed by atoms with Gasteiger partial charge in [0.05, 0.1) is 6.10 Å². The quantitative estimate of drug-likeness (QED) is 0.898. The predicted octanol–water partition coefficient (Wildman–Crippen LogP) is 3.84. The van der Waals surface area contributed by atoms with Crippen molar-refractivity contribution in [1.29, 1.82) is 0 Å². The van der Waals surface area contributed by atoms with E-state index in [4.69, 9.17) is 16.3 Å². The Morgan fingerprint density at radius 1 is 1.39 bits per heavy atom. The second kappa shape index (κ2) is 5.94. The molecule has 1 fully saturated rings. The van der Waals surface area contributed by atoms with Crippen LogP contribution in [0.15, 0.2) is 18.2 Å². The van der Waals surface area contributed by atoms with Crippen LogP contribution in [0.25, 0.3) is 0 Å². The Balaban J connectivity index is 2.18. The third kappa shape index (κ3) is 3.18. The molecule has 3 heteroatoms. The number of halogens is 1. The van der Waals surface area contributed by atoms with Crippen molar-refractivity contribution in [2.45, 2.75) is 39.2 Å². The summed E-state index contributed by atoms with van der Waals surface area (Å²) in [5, 5.41) is 4.26. The molecule has 0 aliphatic carbocycles. The average Bonchev–Trinajstić information content (AvgIpc) is 2.30. The van der Waals surface area contributed by atoms with Crippen molar-refractivity contribution in [3.8, 4) is 5.75 Å². The van der Waals surface area contributed by atoms with Crippen LogP contribution in [0.5, 0.6) is 5.75 Å². The molecule has 1 aromatic rings. The van der Waals surface area contributed by atoms with Gasteiger partial charge in [-0.2, -0.15) is 0 Å². The van der Waals surface area contributed by atoms with E-state index in [2.05, 4.69) is 18.3 Å². The molecule has 2 rings (SSSR count). The zero-order valence-corrected chi connectivity index (χ0v) is 12.1. The molecule has 0 unspecified atom stereocenters. The van der Waals surface area contributed by atoms with Gasteiger partial charge in [-0.1, -0.05) is 24.6 Å². The fourth-order valence-electron chi connectivity index (χ4n) is 2.63. The summed E-state index contributed by atoms with van der Waals surface area (Å²) in [5.41, 5.74) is 1.27. The molecule has 0 amide bonds. The molecule has 100 valence electrons. The molecule has 1 N–H and O–H groups in total. The Morgan fingerprint density at radius 3 is 2.78 bits per heavy atom. The maximum Gasteiger partial charge on any atom is 0.121 e. The van der Waals surface area contributed by atoms with Gasteiger partial charge in [0.25, 0.3) is 0 Å². The summed E-state index contributed by atoms with van der Waals surface area (Å²) in [5.74, 6) is 2.06. The topological polar surface area (TPSA) is 21.3 Å². The second-order valence-corrected chi connectivity index (χ2v) is 5.83. The lowest BCUT2D eigenvalue weighted by Crippen LogP contribution is -2.33. The van der Waals surface area contributed by atoms with Gasteiger partial charge in [0.1, 0.15) is 5.75 Å². The van der Waals surface area contributed by atoms with E-state index in [1.807, 2.05) is 26.0 Å². The first-order chi connectivity index (χ1) is 8.58. The lowest BCUT2D eigenvalue weighted by Gasteiger charge is -2.30. The van der Waals surface area contributed by atoms with Crippen molar-refractivity contribution in [3.05, 3.63) is 28.8 Å². The van der Waals surface area contributed by atoms with Gasteiger partial charge in [0.2, 0.25) is 0 Å². The first kappa shape index (κ1) is 13.7. The van der Waals surface area contributed by atoms with Crippen molar-refractivity contribution >= 4 is 11.6 Å². The normalized spacial score (nSPS) is 24.3. The highest BCUT2D eigenvalue weighted by molar-refractivity contribution is 6.31. The number of piperidine rings is 1. The number of ether oxygens (including phenoxy) is 1. The number of hydrogen-bond acceptors (Lipinski definition) is 2. The molecule has 1 aliphatic heterocycles. The van der Waals surface area contributed by atoms with Gasteiger partial charge in [-0.25, -0.2) is 0 Å². The highest BCUT2D eigenvalue weighted by Gasteiger charge is 2.24. The Kier molecular flexibility index (Phi) is 4.52. The van der Waals surface area contributed by atoms with E-state index in [-0.39, 0.29) is 6.10 Å². The van der Waals surface area contributed by atoms with Gasteiger partial charge in [-0.05, 0) is 62.9 Å². The first-order valence-electron chi connectivity index (χ1n) is 6.74. The van der Waals surface area contributed by atoms with E-state index in [1.165, 1.54) is 5.56 Å². The summed E-state index contributed by atoms with van der Waals surface area (Å²) in [6, 6.07) is 6.12. The Morgan fingerprint density at radius 2 is 2.17 bits per heavy atom. The van der Waals surface area contributed by atoms with E-state index in [9.17, 15) is 0 Å². The van der Waals surface area contributed by atoms with Crippen LogP contribution in [-0.2, 0) is 0 Å². The van der Waals surface area contributed by atoms with Gasteiger partial charge < -0.3 is 10.1 Å². The Hall–Kier alpha value is -0.730. The summed E-state index contributed by atoms with van der Waals surface area (Å²) in [6.07, 6.45) is 1.34. The Bertz CT molecular complexity index is 405. The number of hydrogen-bond donors (Lipinski definition) is 1. The van der Waals surface area contributed by atoms with Crippen LogP contribution < -0.4 is 10.1 Å². The molecule has 0 bridgehead atoms. The van der Waals surface area contributed by atoms with E-state index in [0.29, 0.717) is 11.8 Å². The van der Waals surface area contributed by atoms with Gasteiger partial charge in [-0.15, -0.1) is 0 Å². The summed E-state index contributed by atoms with van der Waals surface area (Å²) in [6.45, 7) is 8.49. The molecular weight excluding hydrogens is 246 g/mol. The van der Waals surface area contributed by atoms with Gasteiger partial charge in [0, 0.05) is 5.02 Å². The summed E-state index contributed by atoms with van der Waals surface area (Å²) >= 11 is 6.41. The third-order valence-corrected chi connectivity index (χ3v) is 3.86. The maximum absolute atomic E-state index is 6.41. The molecule has 1 aliphatic rings. The minimum atomic E-state index is 0.185. The van der Waals surface area contributed by atoms with E-state index >= 15 is 0 Å². The van der Waals surface area contributed by atoms with Gasteiger partial charge in [-0.3, -0.25) is 0 Å². The summed E-state index contributed by atoms with van der Waals surface area (Å²) in [7, 11) is 0. The number of benzene rings is 1. The second-order valence-electron chi connectivity index (χ2n) is 5.43. The highest BCUT2D eigenvalue weighted by Crippen LogP contribution is 2.36. The molecule has 1 saturated heterocycles. The first-order valence-corrected chi connectivity index (χ1v) is 7.12. The van der Waals surface area contributed by atoms with Crippen molar-refractivity contribution < 1.29 is 4.74 Å². The SMILES string of the molecule is CC(C)Oc1ccc([C@H]2CCNC[C@H]2C)c(Cl)c1. The zero-order chi connectivity index (χ0) is 13.1. The molecule has 2 nitrogen and oxygen atoms in total. The molecule has 0 aromatic heterocycles. The largest absolute Gasteiger partial charge is 0.491 e. The van der Waals surface area contributed by atoms with E-state index < -0.39 is 0 Å². The lowest BCUT2D eigenvalue weighted by molar-refractivity contribution is 0.242. The van der Waals surface area contributed by atoms with Crippen molar-refractivity contribution in [3.63, 3.8) is 0 Å². The highest BCUT2D eigenvalue weighted by atomic mass is 35.5. The minimum absolute atomic E-state index is 0.185. The van der Waals surface area contributed by atoms with Crippen LogP contribution in [0.4, 0.5) is 0 Å². The summed E-state index contributed by atoms with van der Waals surface area (Å²) in [4.78, 5) is 0. The molecule has 18 heavy (non-hydrogen) atoms. The number of rotatable bonds is 3. The fraction of sp³-hybridized carbons (Fsp3) is 0.600. The fourth-order valence-corrected chi connectivity index (χ4v) is 2.94.